The van der Waals surface area contributed by atoms with Gasteiger partial charge in [-0.25, -0.2) is 0 Å². The molecule has 1 heterocycles. The van der Waals surface area contributed by atoms with Crippen LogP contribution in [0.15, 0.2) is 42.5 Å². The van der Waals surface area contributed by atoms with Crippen LogP contribution in [-0.2, 0) is 21.0 Å². The van der Waals surface area contributed by atoms with E-state index in [1.807, 2.05) is 12.1 Å². The predicted octanol–water partition coefficient (Wildman–Crippen LogP) is 2.78. The second kappa shape index (κ2) is 9.86. The van der Waals surface area contributed by atoms with Gasteiger partial charge in [0.1, 0.15) is 11.2 Å². The minimum atomic E-state index is -3.09. The zero-order valence-corrected chi connectivity index (χ0v) is 18.7. The summed E-state index contributed by atoms with van der Waals surface area (Å²) >= 11 is 7.47. The Kier molecular flexibility index (Phi) is 7.67. The van der Waals surface area contributed by atoms with Crippen LogP contribution in [0.5, 0.6) is 5.75 Å². The lowest BCUT2D eigenvalue weighted by Crippen LogP contribution is -2.46. The van der Waals surface area contributed by atoms with Crippen LogP contribution in [0.2, 0.25) is 5.02 Å². The molecule has 1 aliphatic rings. The van der Waals surface area contributed by atoms with E-state index in [-0.39, 0.29) is 13.0 Å². The van der Waals surface area contributed by atoms with Gasteiger partial charge in [-0.2, -0.15) is 9.27 Å². The van der Waals surface area contributed by atoms with E-state index in [1.165, 1.54) is 18.0 Å². The molecule has 0 radical (unpaired) electrons. The summed E-state index contributed by atoms with van der Waals surface area (Å²) in [4.78, 5) is 0. The van der Waals surface area contributed by atoms with Gasteiger partial charge in [-0.3, -0.25) is 0 Å². The normalized spacial score (nSPS) is 26.1. The van der Waals surface area contributed by atoms with Crippen LogP contribution in [0, 0.1) is 0 Å². The predicted molar refractivity (Wildman–Crippen MR) is 120 cm³/mol. The number of thioether (sulfide) groups is 1. The number of nitrogens with one attached hydrogen (secondary N) is 1. The van der Waals surface area contributed by atoms with Gasteiger partial charge in [0.15, 0.2) is 6.26 Å². The third kappa shape index (κ3) is 6.34. The van der Waals surface area contributed by atoms with E-state index < -0.39 is 33.3 Å². The van der Waals surface area contributed by atoms with Crippen LogP contribution in [0.4, 0.5) is 5.69 Å². The summed E-state index contributed by atoms with van der Waals surface area (Å²) in [5.74, 6) is 0.603. The van der Waals surface area contributed by atoms with Gasteiger partial charge in [0.05, 0.1) is 29.8 Å². The number of anilines is 1. The summed E-state index contributed by atoms with van der Waals surface area (Å²) in [7, 11) is -3.09. The number of halogens is 1. The fourth-order valence-corrected chi connectivity index (χ4v) is 5.27. The summed E-state index contributed by atoms with van der Waals surface area (Å²) in [6.07, 6.45) is 0.000147. The van der Waals surface area contributed by atoms with Gasteiger partial charge < -0.3 is 20.1 Å². The molecule has 2 aromatic carbocycles. The number of hydrogen-bond donors (Lipinski definition) is 5. The van der Waals surface area contributed by atoms with Gasteiger partial charge in [-0.15, -0.1) is 11.8 Å². The average molecular weight is 475 g/mol. The summed E-state index contributed by atoms with van der Waals surface area (Å²) in [5.41, 5.74) is 1.91. The van der Waals surface area contributed by atoms with Crippen LogP contribution < -0.4 is 9.46 Å². The number of rotatable bonds is 7. The lowest BCUT2D eigenvalue weighted by molar-refractivity contribution is -0.0125. The lowest BCUT2D eigenvalue weighted by Gasteiger charge is -2.35. The zero-order valence-electron chi connectivity index (χ0n) is 16.3. The highest BCUT2D eigenvalue weighted by Crippen LogP contribution is 2.36. The second-order valence-electron chi connectivity index (χ2n) is 7.23. The highest BCUT2D eigenvalue weighted by molar-refractivity contribution is 8.00. The molecule has 1 saturated heterocycles. The maximum Gasteiger partial charge on any atom is 0.307 e. The summed E-state index contributed by atoms with van der Waals surface area (Å²) in [6, 6.07) is 12.4. The molecule has 30 heavy (non-hydrogen) atoms. The third-order valence-corrected chi connectivity index (χ3v) is 6.87. The molecule has 0 saturated carbocycles. The maximum absolute atomic E-state index is 11.5. The van der Waals surface area contributed by atoms with Crippen LogP contribution in [0.1, 0.15) is 17.5 Å². The SMILES string of the molecule is C[S+](=O)(O)Nc1ccc(Cc2cc(Cl)ccc2O[C@H]2C[C@@H](O)[C@H](O)[C@@H](CO)S2)cc1. The molecule has 0 amide bonds. The minimum absolute atomic E-state index is 0.238. The highest BCUT2D eigenvalue weighted by atomic mass is 35.5. The first-order chi connectivity index (χ1) is 14.1. The Hall–Kier alpha value is -1.33. The van der Waals surface area contributed by atoms with Gasteiger partial charge in [-0.1, -0.05) is 23.7 Å². The molecule has 1 unspecified atom stereocenters. The van der Waals surface area contributed by atoms with Crippen molar-refractivity contribution in [3.63, 3.8) is 0 Å². The number of hydrogen-bond acceptors (Lipinski definition) is 6. The largest absolute Gasteiger partial charge is 0.479 e. The number of benzene rings is 2. The van der Waals surface area contributed by atoms with E-state index in [0.717, 1.165) is 11.1 Å². The standard InChI is InChI=1S/C20H24ClNO6S2/c1-30(26,27)22-15-5-2-12(3-6-15)8-13-9-14(21)4-7-17(13)28-19-10-16(24)20(25)18(11-23)29-19/h2-7,9,16,18-20,23-25H,8,10-11H2,1H3,(H-,22,26,27)/p+1/t16-,18-,19-,20+/m1/s1. The van der Waals surface area contributed by atoms with E-state index >= 15 is 0 Å². The number of ether oxygens (including phenoxy) is 1. The van der Waals surface area contributed by atoms with Crippen molar-refractivity contribution in [2.75, 3.05) is 17.6 Å². The topological polar surface area (TPSA) is 119 Å². The number of aliphatic hydroxyl groups is 3. The summed E-state index contributed by atoms with van der Waals surface area (Å²) < 4.78 is 29.5. The fraction of sp³-hybridized carbons (Fsp3) is 0.400. The Bertz CT molecular complexity index is 907. The Labute approximate surface area is 185 Å². The molecule has 0 bridgehead atoms. The summed E-state index contributed by atoms with van der Waals surface area (Å²) in [6.45, 7) is -0.255. The van der Waals surface area contributed by atoms with E-state index in [2.05, 4.69) is 4.72 Å². The molecule has 5 N–H and O–H groups in total. The second-order valence-corrected chi connectivity index (χ2v) is 10.9. The Morgan fingerprint density at radius 3 is 2.57 bits per heavy atom. The molecule has 0 aliphatic carbocycles. The van der Waals surface area contributed by atoms with E-state index in [4.69, 9.17) is 16.3 Å². The van der Waals surface area contributed by atoms with Crippen LogP contribution in [0.3, 0.4) is 0 Å². The third-order valence-electron chi connectivity index (χ3n) is 4.65. The molecule has 1 fully saturated rings. The average Bonchev–Trinajstić information content (AvgIpc) is 2.67. The Morgan fingerprint density at radius 2 is 1.93 bits per heavy atom. The fourth-order valence-electron chi connectivity index (χ4n) is 3.21. The van der Waals surface area contributed by atoms with Gasteiger partial charge in [0, 0.05) is 23.4 Å². The highest BCUT2D eigenvalue weighted by Gasteiger charge is 2.37. The van der Waals surface area contributed by atoms with Crippen molar-refractivity contribution in [2.24, 2.45) is 0 Å². The zero-order chi connectivity index (χ0) is 21.9. The van der Waals surface area contributed by atoms with Gasteiger partial charge >= 0.3 is 10.4 Å². The lowest BCUT2D eigenvalue weighted by atomic mass is 10.0. The molecule has 7 nitrogen and oxygen atoms in total. The first kappa shape index (κ1) is 23.3. The molecule has 1 aliphatic heterocycles. The Morgan fingerprint density at radius 1 is 1.23 bits per heavy atom. The first-order valence-corrected chi connectivity index (χ1v) is 12.5. The van der Waals surface area contributed by atoms with E-state index in [9.17, 15) is 24.1 Å². The van der Waals surface area contributed by atoms with Crippen LogP contribution in [-0.4, -0.2) is 55.6 Å². The molecule has 0 aromatic heterocycles. The van der Waals surface area contributed by atoms with E-state index in [1.54, 1.807) is 30.3 Å². The van der Waals surface area contributed by atoms with Crippen molar-refractivity contribution in [1.29, 1.82) is 0 Å². The summed E-state index contributed by atoms with van der Waals surface area (Å²) in [5, 5.41) is 29.5. The van der Waals surface area contributed by atoms with Gasteiger partial charge in [0.2, 0.25) is 0 Å². The van der Waals surface area contributed by atoms with Crippen molar-refractivity contribution < 1.29 is 28.8 Å². The first-order valence-electron chi connectivity index (χ1n) is 9.30. The number of aliphatic hydroxyl groups excluding tert-OH is 3. The van der Waals surface area contributed by atoms with E-state index in [0.29, 0.717) is 22.9 Å². The van der Waals surface area contributed by atoms with Gasteiger partial charge in [0.25, 0.3) is 0 Å². The quantitative estimate of drug-likeness (QED) is 0.391. The molecule has 3 rings (SSSR count). The van der Waals surface area contributed by atoms with Crippen molar-refractivity contribution in [3.05, 3.63) is 58.6 Å². The molecular formula is C20H25ClNO6S2+. The van der Waals surface area contributed by atoms with Crippen LogP contribution >= 0.6 is 23.4 Å². The molecule has 10 heteroatoms. The molecule has 164 valence electrons. The van der Waals surface area contributed by atoms with Gasteiger partial charge in [-0.05, 0) is 40.1 Å². The van der Waals surface area contributed by atoms with Crippen molar-refractivity contribution in [1.82, 2.24) is 0 Å². The van der Waals surface area contributed by atoms with Crippen molar-refractivity contribution >= 4 is 39.4 Å². The Balaban J connectivity index is 1.75. The van der Waals surface area contributed by atoms with Crippen molar-refractivity contribution in [3.8, 4) is 5.75 Å². The minimum Gasteiger partial charge on any atom is -0.479 e. The smallest absolute Gasteiger partial charge is 0.307 e. The molecule has 0 spiro atoms. The monoisotopic (exact) mass is 474 g/mol. The van der Waals surface area contributed by atoms with Crippen LogP contribution in [0.25, 0.3) is 0 Å². The maximum atomic E-state index is 11.5. The van der Waals surface area contributed by atoms with Crippen molar-refractivity contribution in [2.45, 2.75) is 35.7 Å². The molecular weight excluding hydrogens is 450 g/mol. The molecule has 2 aromatic rings. The molecule has 5 atom stereocenters.